The molecule has 0 aliphatic rings. The topological polar surface area (TPSA) is 63.2 Å². The van der Waals surface area contributed by atoms with E-state index in [0.717, 1.165) is 42.6 Å². The summed E-state index contributed by atoms with van der Waals surface area (Å²) in [5.41, 5.74) is 1.65. The van der Waals surface area contributed by atoms with Gasteiger partial charge in [-0.25, -0.2) is 0 Å². The fraction of sp³-hybridized carbons (Fsp3) is 0.273. The Morgan fingerprint density at radius 2 is 1.74 bits per heavy atom. The molecule has 140 valence electrons. The van der Waals surface area contributed by atoms with Gasteiger partial charge in [0.25, 0.3) is 5.91 Å². The van der Waals surface area contributed by atoms with Gasteiger partial charge in [-0.3, -0.25) is 9.78 Å². The molecule has 2 aromatic carbocycles. The van der Waals surface area contributed by atoms with Crippen LogP contribution in [0.15, 0.2) is 66.9 Å². The second-order valence-electron chi connectivity index (χ2n) is 6.25. The van der Waals surface area contributed by atoms with Gasteiger partial charge in [0.2, 0.25) is 0 Å². The summed E-state index contributed by atoms with van der Waals surface area (Å²) in [4.78, 5) is 16.2. The third-order valence-corrected chi connectivity index (χ3v) is 4.24. The zero-order valence-electron chi connectivity index (χ0n) is 15.4. The van der Waals surface area contributed by atoms with Gasteiger partial charge in [0.1, 0.15) is 12.4 Å². The summed E-state index contributed by atoms with van der Waals surface area (Å²) < 4.78 is 5.87. The Balaban J connectivity index is 1.25. The first-order valence-electron chi connectivity index (χ1n) is 9.35. The highest BCUT2D eigenvalue weighted by molar-refractivity contribution is 5.94. The average Bonchev–Trinajstić information content (AvgIpc) is 2.73. The maximum atomic E-state index is 11.9. The Kier molecular flexibility index (Phi) is 7.18. The third-order valence-electron chi connectivity index (χ3n) is 4.24. The summed E-state index contributed by atoms with van der Waals surface area (Å²) in [5.74, 6) is 0.854. The van der Waals surface area contributed by atoms with Crippen LogP contribution >= 0.6 is 0 Å². The minimum atomic E-state index is -0.0125. The van der Waals surface area contributed by atoms with Crippen molar-refractivity contribution in [3.05, 3.63) is 72.4 Å². The summed E-state index contributed by atoms with van der Waals surface area (Å²) in [6.45, 7) is 2.99. The van der Waals surface area contributed by atoms with E-state index in [0.29, 0.717) is 18.7 Å². The molecule has 0 saturated carbocycles. The fourth-order valence-electron chi connectivity index (χ4n) is 2.83. The molecular weight excluding hydrogens is 338 g/mol. The van der Waals surface area contributed by atoms with Gasteiger partial charge in [-0.15, -0.1) is 0 Å². The van der Waals surface area contributed by atoms with Gasteiger partial charge in [0, 0.05) is 30.2 Å². The van der Waals surface area contributed by atoms with Crippen molar-refractivity contribution in [1.82, 2.24) is 15.6 Å². The molecule has 1 heterocycles. The zero-order valence-corrected chi connectivity index (χ0v) is 15.4. The van der Waals surface area contributed by atoms with Gasteiger partial charge >= 0.3 is 0 Å². The molecule has 0 unspecified atom stereocenters. The Labute approximate surface area is 159 Å². The number of hydrogen-bond donors (Lipinski definition) is 2. The van der Waals surface area contributed by atoms with Crippen molar-refractivity contribution in [2.75, 3.05) is 26.2 Å². The lowest BCUT2D eigenvalue weighted by atomic mass is 10.2. The second kappa shape index (κ2) is 10.3. The van der Waals surface area contributed by atoms with E-state index in [-0.39, 0.29) is 5.91 Å². The first-order chi connectivity index (χ1) is 13.3. The van der Waals surface area contributed by atoms with Crippen LogP contribution in [0.5, 0.6) is 5.75 Å². The van der Waals surface area contributed by atoms with Crippen LogP contribution in [0, 0.1) is 0 Å². The number of pyridine rings is 1. The number of unbranched alkanes of at least 4 members (excludes halogenated alkanes) is 1. The van der Waals surface area contributed by atoms with E-state index in [9.17, 15) is 4.79 Å². The van der Waals surface area contributed by atoms with Crippen molar-refractivity contribution in [1.29, 1.82) is 0 Å². The predicted molar refractivity (Wildman–Crippen MR) is 108 cm³/mol. The number of aromatic nitrogens is 1. The molecule has 0 saturated heterocycles. The van der Waals surface area contributed by atoms with E-state index in [1.54, 1.807) is 6.20 Å². The molecule has 1 aromatic heterocycles. The summed E-state index contributed by atoms with van der Waals surface area (Å²) in [6, 6.07) is 19.2. The van der Waals surface area contributed by atoms with Gasteiger partial charge < -0.3 is 15.4 Å². The molecule has 5 nitrogen and oxygen atoms in total. The first-order valence-corrected chi connectivity index (χ1v) is 9.35. The number of nitrogens with one attached hydrogen (secondary N) is 2. The highest BCUT2D eigenvalue weighted by Crippen LogP contribution is 2.23. The standard InChI is InChI=1S/C22H25N3O2/c26-22(18-8-2-1-3-9-18)25-14-5-4-13-23-16-17-27-21-12-6-11-20-19(21)10-7-15-24-20/h1-3,6-12,15,23H,4-5,13-14,16-17H2,(H,25,26). The SMILES string of the molecule is O=C(NCCCCNCCOc1cccc2ncccc12)c1ccccc1. The number of ether oxygens (including phenoxy) is 1. The number of carbonyl (C=O) groups is 1. The fourth-order valence-corrected chi connectivity index (χ4v) is 2.83. The van der Waals surface area contributed by atoms with Crippen LogP contribution in [-0.2, 0) is 0 Å². The number of nitrogens with zero attached hydrogens (tertiary/aromatic N) is 1. The lowest BCUT2D eigenvalue weighted by molar-refractivity contribution is 0.0953. The maximum Gasteiger partial charge on any atom is 0.251 e. The Morgan fingerprint density at radius 3 is 2.63 bits per heavy atom. The highest BCUT2D eigenvalue weighted by atomic mass is 16.5. The number of carbonyl (C=O) groups excluding carboxylic acids is 1. The van der Waals surface area contributed by atoms with Gasteiger partial charge in [-0.1, -0.05) is 24.3 Å². The van der Waals surface area contributed by atoms with Crippen molar-refractivity contribution in [2.45, 2.75) is 12.8 Å². The van der Waals surface area contributed by atoms with Gasteiger partial charge in [-0.05, 0) is 55.8 Å². The van der Waals surface area contributed by atoms with Crippen molar-refractivity contribution in [3.63, 3.8) is 0 Å². The van der Waals surface area contributed by atoms with Crippen LogP contribution in [0.3, 0.4) is 0 Å². The van der Waals surface area contributed by atoms with Crippen molar-refractivity contribution < 1.29 is 9.53 Å². The van der Waals surface area contributed by atoms with E-state index in [4.69, 9.17) is 4.74 Å². The molecule has 0 aliphatic carbocycles. The second-order valence-corrected chi connectivity index (χ2v) is 6.25. The molecule has 1 amide bonds. The molecule has 0 spiro atoms. The van der Waals surface area contributed by atoms with E-state index >= 15 is 0 Å². The smallest absolute Gasteiger partial charge is 0.251 e. The normalized spacial score (nSPS) is 10.7. The van der Waals surface area contributed by atoms with Crippen LogP contribution in [-0.4, -0.2) is 37.1 Å². The zero-order chi connectivity index (χ0) is 18.7. The van der Waals surface area contributed by atoms with Crippen molar-refractivity contribution >= 4 is 16.8 Å². The summed E-state index contributed by atoms with van der Waals surface area (Å²) >= 11 is 0. The number of hydrogen-bond acceptors (Lipinski definition) is 4. The molecule has 0 bridgehead atoms. The lowest BCUT2D eigenvalue weighted by Crippen LogP contribution is -2.26. The maximum absolute atomic E-state index is 11.9. The van der Waals surface area contributed by atoms with E-state index in [1.165, 1.54) is 0 Å². The molecule has 5 heteroatoms. The molecule has 0 fully saturated rings. The average molecular weight is 363 g/mol. The minimum Gasteiger partial charge on any atom is -0.492 e. The van der Waals surface area contributed by atoms with Crippen molar-refractivity contribution in [2.24, 2.45) is 0 Å². The predicted octanol–water partition coefficient (Wildman–Crippen LogP) is 3.41. The minimum absolute atomic E-state index is 0.0125. The lowest BCUT2D eigenvalue weighted by Gasteiger charge is -2.10. The van der Waals surface area contributed by atoms with E-state index in [1.807, 2.05) is 60.7 Å². The van der Waals surface area contributed by atoms with Gasteiger partial charge in [0.15, 0.2) is 0 Å². The number of amides is 1. The Hall–Kier alpha value is -2.92. The van der Waals surface area contributed by atoms with Gasteiger partial charge in [0.05, 0.1) is 5.52 Å². The number of benzene rings is 2. The number of rotatable bonds is 10. The van der Waals surface area contributed by atoms with E-state index < -0.39 is 0 Å². The van der Waals surface area contributed by atoms with Crippen molar-refractivity contribution in [3.8, 4) is 5.75 Å². The highest BCUT2D eigenvalue weighted by Gasteiger charge is 2.03. The van der Waals surface area contributed by atoms with Crippen LogP contribution < -0.4 is 15.4 Å². The molecule has 3 aromatic rings. The van der Waals surface area contributed by atoms with Gasteiger partial charge in [-0.2, -0.15) is 0 Å². The molecule has 0 atom stereocenters. The quantitative estimate of drug-likeness (QED) is 0.542. The molecular formula is C22H25N3O2. The van der Waals surface area contributed by atoms with Crippen LogP contribution in [0.4, 0.5) is 0 Å². The molecule has 0 radical (unpaired) electrons. The first kappa shape index (κ1) is 18.9. The Bertz CT molecular complexity index is 847. The van der Waals surface area contributed by atoms with Crippen LogP contribution in [0.25, 0.3) is 10.9 Å². The molecule has 0 aliphatic heterocycles. The summed E-state index contributed by atoms with van der Waals surface area (Å²) in [7, 11) is 0. The van der Waals surface area contributed by atoms with Crippen LogP contribution in [0.1, 0.15) is 23.2 Å². The largest absolute Gasteiger partial charge is 0.492 e. The third kappa shape index (κ3) is 5.79. The molecule has 3 rings (SSSR count). The molecule has 27 heavy (non-hydrogen) atoms. The van der Waals surface area contributed by atoms with Crippen LogP contribution in [0.2, 0.25) is 0 Å². The summed E-state index contributed by atoms with van der Waals surface area (Å²) in [6.07, 6.45) is 3.74. The summed E-state index contributed by atoms with van der Waals surface area (Å²) in [5, 5.41) is 7.35. The van der Waals surface area contributed by atoms with E-state index in [2.05, 4.69) is 15.6 Å². The Morgan fingerprint density at radius 1 is 0.889 bits per heavy atom. The monoisotopic (exact) mass is 363 g/mol. The number of fused-ring (bicyclic) bond motifs is 1. The molecule has 2 N–H and O–H groups in total.